The van der Waals surface area contributed by atoms with E-state index in [0.717, 1.165) is 22.2 Å². The average Bonchev–Trinajstić information content (AvgIpc) is 2.29. The van der Waals surface area contributed by atoms with Crippen molar-refractivity contribution in [2.75, 3.05) is 0 Å². The van der Waals surface area contributed by atoms with Crippen LogP contribution in [0.5, 0.6) is 5.75 Å². The second kappa shape index (κ2) is 4.72. The Bertz CT molecular complexity index is 535. The minimum absolute atomic E-state index is 0.0488. The number of hydrogen-bond acceptors (Lipinski definition) is 3. The number of pyridine rings is 1. The van der Waals surface area contributed by atoms with Gasteiger partial charge >= 0.3 is 0 Å². The van der Waals surface area contributed by atoms with Crippen LogP contribution in [0.3, 0.4) is 0 Å². The molecule has 0 radical (unpaired) electrons. The van der Waals surface area contributed by atoms with Crippen LogP contribution in [-0.2, 0) is 6.61 Å². The highest BCUT2D eigenvalue weighted by Gasteiger charge is 2.08. The predicted molar refractivity (Wildman–Crippen MR) is 68.2 cm³/mol. The maximum absolute atomic E-state index is 9.19. The van der Waals surface area contributed by atoms with Crippen LogP contribution in [0.2, 0.25) is 0 Å². The van der Waals surface area contributed by atoms with Gasteiger partial charge in [0.2, 0.25) is 0 Å². The first-order valence-electron chi connectivity index (χ1n) is 5.78. The van der Waals surface area contributed by atoms with Gasteiger partial charge in [0, 0.05) is 5.39 Å². The van der Waals surface area contributed by atoms with E-state index in [1.54, 1.807) is 0 Å². The highest BCUT2D eigenvalue weighted by atomic mass is 16.5. The van der Waals surface area contributed by atoms with E-state index in [4.69, 9.17) is 4.74 Å². The molecule has 2 aromatic rings. The summed E-state index contributed by atoms with van der Waals surface area (Å²) in [7, 11) is 0. The Morgan fingerprint density at radius 1 is 1.35 bits per heavy atom. The van der Waals surface area contributed by atoms with Gasteiger partial charge in [-0.3, -0.25) is 0 Å². The number of hydrogen-bond donors (Lipinski definition) is 1. The molecular formula is C14H17NO2. The van der Waals surface area contributed by atoms with E-state index >= 15 is 0 Å². The third-order valence-electron chi connectivity index (χ3n) is 2.59. The Balaban J connectivity index is 2.64. The third-order valence-corrected chi connectivity index (χ3v) is 2.59. The molecule has 3 heteroatoms. The first-order valence-corrected chi connectivity index (χ1v) is 5.78. The van der Waals surface area contributed by atoms with Crippen molar-refractivity contribution in [2.45, 2.75) is 33.5 Å². The molecule has 0 spiro atoms. The maximum atomic E-state index is 9.19. The number of aryl methyl sites for hydroxylation is 1. The molecule has 3 nitrogen and oxygen atoms in total. The van der Waals surface area contributed by atoms with Crippen molar-refractivity contribution < 1.29 is 9.84 Å². The van der Waals surface area contributed by atoms with E-state index in [9.17, 15) is 5.11 Å². The molecule has 0 bridgehead atoms. The van der Waals surface area contributed by atoms with E-state index < -0.39 is 0 Å². The molecule has 90 valence electrons. The SMILES string of the molecule is Cc1cc(CO)nc2c(OC(C)C)cccc12. The summed E-state index contributed by atoms with van der Waals surface area (Å²) >= 11 is 0. The molecule has 17 heavy (non-hydrogen) atoms. The minimum Gasteiger partial charge on any atom is -0.489 e. The zero-order chi connectivity index (χ0) is 12.4. The fraction of sp³-hybridized carbons (Fsp3) is 0.357. The highest BCUT2D eigenvalue weighted by molar-refractivity contribution is 5.87. The molecular weight excluding hydrogens is 214 g/mol. The van der Waals surface area contributed by atoms with Crippen LogP contribution in [0.15, 0.2) is 24.3 Å². The average molecular weight is 231 g/mol. The fourth-order valence-corrected chi connectivity index (χ4v) is 1.89. The van der Waals surface area contributed by atoms with Gasteiger partial charge in [0.15, 0.2) is 0 Å². The second-order valence-electron chi connectivity index (χ2n) is 4.41. The highest BCUT2D eigenvalue weighted by Crippen LogP contribution is 2.27. The summed E-state index contributed by atoms with van der Waals surface area (Å²) in [5.74, 6) is 0.774. The number of para-hydroxylation sites is 1. The molecule has 1 aromatic carbocycles. The van der Waals surface area contributed by atoms with Crippen LogP contribution in [0.25, 0.3) is 10.9 Å². The van der Waals surface area contributed by atoms with Crippen LogP contribution in [0, 0.1) is 6.92 Å². The number of ether oxygens (including phenoxy) is 1. The lowest BCUT2D eigenvalue weighted by Crippen LogP contribution is -2.06. The van der Waals surface area contributed by atoms with Gasteiger partial charge in [-0.2, -0.15) is 0 Å². The van der Waals surface area contributed by atoms with Crippen LogP contribution < -0.4 is 4.74 Å². The number of aromatic nitrogens is 1. The van der Waals surface area contributed by atoms with E-state index in [-0.39, 0.29) is 12.7 Å². The van der Waals surface area contributed by atoms with Gasteiger partial charge in [0.25, 0.3) is 0 Å². The van der Waals surface area contributed by atoms with Gasteiger partial charge in [0.05, 0.1) is 18.4 Å². The molecule has 0 amide bonds. The van der Waals surface area contributed by atoms with E-state index in [1.807, 2.05) is 45.0 Å². The molecule has 0 aliphatic heterocycles. The molecule has 1 aromatic heterocycles. The van der Waals surface area contributed by atoms with Crippen molar-refractivity contribution in [3.8, 4) is 5.75 Å². The molecule has 1 N–H and O–H groups in total. The Morgan fingerprint density at radius 2 is 2.12 bits per heavy atom. The number of rotatable bonds is 3. The first kappa shape index (κ1) is 11.9. The van der Waals surface area contributed by atoms with Gasteiger partial charge in [0.1, 0.15) is 11.3 Å². The first-order chi connectivity index (χ1) is 8.11. The number of nitrogens with zero attached hydrogens (tertiary/aromatic N) is 1. The zero-order valence-electron chi connectivity index (χ0n) is 10.4. The molecule has 0 fully saturated rings. The Morgan fingerprint density at radius 3 is 2.76 bits per heavy atom. The largest absolute Gasteiger partial charge is 0.489 e. The van der Waals surface area contributed by atoms with Crippen molar-refractivity contribution in [1.82, 2.24) is 4.98 Å². The summed E-state index contributed by atoms with van der Waals surface area (Å²) in [5, 5.41) is 10.3. The Kier molecular flexibility index (Phi) is 3.29. The Labute approximate surface area is 101 Å². The fourth-order valence-electron chi connectivity index (χ4n) is 1.89. The van der Waals surface area contributed by atoms with E-state index in [0.29, 0.717) is 5.69 Å². The standard InChI is InChI=1S/C14H17NO2/c1-9(2)17-13-6-4-5-12-10(3)7-11(8-16)15-14(12)13/h4-7,9,16H,8H2,1-3H3. The molecule has 0 atom stereocenters. The van der Waals surface area contributed by atoms with Gasteiger partial charge in [-0.1, -0.05) is 12.1 Å². The summed E-state index contributed by atoms with van der Waals surface area (Å²) in [4.78, 5) is 4.43. The topological polar surface area (TPSA) is 42.4 Å². The molecule has 0 unspecified atom stereocenters. The normalized spacial score (nSPS) is 11.1. The summed E-state index contributed by atoms with van der Waals surface area (Å²) in [6.07, 6.45) is 0.112. The minimum atomic E-state index is -0.0488. The smallest absolute Gasteiger partial charge is 0.145 e. The summed E-state index contributed by atoms with van der Waals surface area (Å²) in [6.45, 7) is 5.94. The maximum Gasteiger partial charge on any atom is 0.145 e. The number of aliphatic hydroxyl groups is 1. The lowest BCUT2D eigenvalue weighted by molar-refractivity contribution is 0.244. The monoisotopic (exact) mass is 231 g/mol. The molecule has 1 heterocycles. The third kappa shape index (κ3) is 2.39. The zero-order valence-corrected chi connectivity index (χ0v) is 10.4. The van der Waals surface area contributed by atoms with Crippen molar-refractivity contribution in [1.29, 1.82) is 0 Å². The van der Waals surface area contributed by atoms with Gasteiger partial charge in [-0.25, -0.2) is 4.98 Å². The lowest BCUT2D eigenvalue weighted by Gasteiger charge is -2.13. The number of fused-ring (bicyclic) bond motifs is 1. The predicted octanol–water partition coefficient (Wildman–Crippen LogP) is 2.82. The summed E-state index contributed by atoms with van der Waals surface area (Å²) < 4.78 is 5.74. The van der Waals surface area contributed by atoms with Crippen LogP contribution in [-0.4, -0.2) is 16.2 Å². The molecule has 0 aliphatic carbocycles. The van der Waals surface area contributed by atoms with Crippen LogP contribution in [0.1, 0.15) is 25.1 Å². The van der Waals surface area contributed by atoms with Gasteiger partial charge in [-0.15, -0.1) is 0 Å². The van der Waals surface area contributed by atoms with Crippen LogP contribution in [0.4, 0.5) is 0 Å². The van der Waals surface area contributed by atoms with Gasteiger partial charge in [-0.05, 0) is 38.5 Å². The molecule has 0 aliphatic rings. The molecule has 0 saturated carbocycles. The van der Waals surface area contributed by atoms with E-state index in [1.165, 1.54) is 0 Å². The summed E-state index contributed by atoms with van der Waals surface area (Å²) in [6, 6.07) is 7.80. The Hall–Kier alpha value is -1.61. The van der Waals surface area contributed by atoms with Gasteiger partial charge < -0.3 is 9.84 Å². The molecule has 2 rings (SSSR count). The van der Waals surface area contributed by atoms with Crippen molar-refractivity contribution in [2.24, 2.45) is 0 Å². The van der Waals surface area contributed by atoms with Crippen molar-refractivity contribution in [3.05, 3.63) is 35.5 Å². The number of benzene rings is 1. The van der Waals surface area contributed by atoms with E-state index in [2.05, 4.69) is 4.98 Å². The quantitative estimate of drug-likeness (QED) is 0.883. The lowest BCUT2D eigenvalue weighted by atomic mass is 10.1. The van der Waals surface area contributed by atoms with Crippen molar-refractivity contribution >= 4 is 10.9 Å². The summed E-state index contributed by atoms with van der Waals surface area (Å²) in [5.41, 5.74) is 2.60. The molecule has 0 saturated heterocycles. The van der Waals surface area contributed by atoms with Crippen LogP contribution >= 0.6 is 0 Å². The van der Waals surface area contributed by atoms with Crippen molar-refractivity contribution in [3.63, 3.8) is 0 Å². The second-order valence-corrected chi connectivity index (χ2v) is 4.41. The number of aliphatic hydroxyl groups excluding tert-OH is 1.